The summed E-state index contributed by atoms with van der Waals surface area (Å²) in [5.41, 5.74) is 0.187. The minimum atomic E-state index is -3.51. The van der Waals surface area contributed by atoms with E-state index in [1.807, 2.05) is 6.92 Å². The fourth-order valence-corrected chi connectivity index (χ4v) is 3.10. The molecule has 1 aliphatic carbocycles. The highest BCUT2D eigenvalue weighted by molar-refractivity contribution is 7.89. The molecule has 0 amide bonds. The van der Waals surface area contributed by atoms with E-state index in [1.54, 1.807) is 6.07 Å². The lowest BCUT2D eigenvalue weighted by Gasteiger charge is -2.12. The highest BCUT2D eigenvalue weighted by Crippen LogP contribution is 2.48. The van der Waals surface area contributed by atoms with Crippen molar-refractivity contribution in [1.82, 2.24) is 10.0 Å². The van der Waals surface area contributed by atoms with E-state index in [1.165, 1.54) is 6.07 Å². The van der Waals surface area contributed by atoms with Crippen molar-refractivity contribution < 1.29 is 12.8 Å². The van der Waals surface area contributed by atoms with Gasteiger partial charge in [-0.05, 0) is 43.4 Å². The van der Waals surface area contributed by atoms with Crippen LogP contribution in [-0.2, 0) is 16.6 Å². The molecule has 1 aromatic rings. The van der Waals surface area contributed by atoms with Crippen LogP contribution in [0.3, 0.4) is 0 Å². The molecule has 19 heavy (non-hydrogen) atoms. The van der Waals surface area contributed by atoms with Crippen LogP contribution in [0.1, 0.15) is 38.9 Å². The molecule has 108 valence electrons. The van der Waals surface area contributed by atoms with E-state index in [-0.39, 0.29) is 10.5 Å². The molecule has 1 aromatic heterocycles. The van der Waals surface area contributed by atoms with Gasteiger partial charge in [0.25, 0.3) is 10.0 Å². The van der Waals surface area contributed by atoms with Crippen LogP contribution in [-0.4, -0.2) is 21.5 Å². The maximum atomic E-state index is 12.1. The van der Waals surface area contributed by atoms with Crippen LogP contribution in [0.4, 0.5) is 0 Å². The first-order valence-electron chi connectivity index (χ1n) is 6.80. The topological polar surface area (TPSA) is 71.3 Å². The van der Waals surface area contributed by atoms with Gasteiger partial charge in [0.05, 0.1) is 6.54 Å². The van der Waals surface area contributed by atoms with Gasteiger partial charge in [-0.25, -0.2) is 13.1 Å². The Labute approximate surface area is 114 Å². The van der Waals surface area contributed by atoms with E-state index in [4.69, 9.17) is 4.42 Å². The molecule has 1 saturated carbocycles. The zero-order valence-corrected chi connectivity index (χ0v) is 12.3. The molecular weight excluding hydrogens is 264 g/mol. The van der Waals surface area contributed by atoms with Crippen molar-refractivity contribution in [1.29, 1.82) is 0 Å². The molecule has 0 unspecified atom stereocenters. The predicted octanol–water partition coefficient (Wildman–Crippen LogP) is 1.86. The summed E-state index contributed by atoms with van der Waals surface area (Å²) in [7, 11) is -3.51. The number of sulfonamides is 1. The first-order chi connectivity index (χ1) is 9.01. The average Bonchev–Trinajstić information content (AvgIpc) is 3.03. The van der Waals surface area contributed by atoms with Gasteiger partial charge in [0.15, 0.2) is 0 Å². The molecule has 1 aliphatic rings. The lowest BCUT2D eigenvalue weighted by Crippen LogP contribution is -2.29. The van der Waals surface area contributed by atoms with Crippen LogP contribution in [0.15, 0.2) is 21.6 Å². The van der Waals surface area contributed by atoms with Crippen LogP contribution in [0.5, 0.6) is 0 Å². The van der Waals surface area contributed by atoms with Gasteiger partial charge in [-0.15, -0.1) is 0 Å². The maximum absolute atomic E-state index is 12.1. The molecule has 0 spiro atoms. The fraction of sp³-hybridized carbons (Fsp3) is 0.692. The van der Waals surface area contributed by atoms with Crippen LogP contribution < -0.4 is 10.0 Å². The van der Waals surface area contributed by atoms with E-state index in [9.17, 15) is 8.42 Å². The van der Waals surface area contributed by atoms with Crippen molar-refractivity contribution in [2.24, 2.45) is 5.41 Å². The second kappa shape index (κ2) is 5.64. The third kappa shape index (κ3) is 3.58. The molecule has 1 fully saturated rings. The summed E-state index contributed by atoms with van der Waals surface area (Å²) in [4.78, 5) is 0. The van der Waals surface area contributed by atoms with E-state index in [0.717, 1.165) is 25.8 Å². The molecule has 0 aromatic carbocycles. The van der Waals surface area contributed by atoms with Crippen molar-refractivity contribution in [3.63, 3.8) is 0 Å². The molecule has 0 saturated heterocycles. The quantitative estimate of drug-likeness (QED) is 0.765. The Kier molecular flexibility index (Phi) is 4.32. The van der Waals surface area contributed by atoms with Gasteiger partial charge in [-0.1, -0.05) is 13.8 Å². The van der Waals surface area contributed by atoms with E-state index in [0.29, 0.717) is 18.8 Å². The molecule has 0 radical (unpaired) electrons. The molecule has 0 atom stereocenters. The molecule has 5 nitrogen and oxygen atoms in total. The van der Waals surface area contributed by atoms with Gasteiger partial charge in [-0.2, -0.15) is 0 Å². The van der Waals surface area contributed by atoms with Gasteiger partial charge < -0.3 is 9.73 Å². The van der Waals surface area contributed by atoms with Crippen LogP contribution in [0.25, 0.3) is 0 Å². The van der Waals surface area contributed by atoms with E-state index >= 15 is 0 Å². The Morgan fingerprint density at radius 2 is 2.05 bits per heavy atom. The lowest BCUT2D eigenvalue weighted by molar-refractivity contribution is 0.397. The SMILES string of the molecule is CCNCc1ccc(S(=O)(=O)NCC2(CC)CC2)o1. The van der Waals surface area contributed by atoms with Crippen LogP contribution in [0.2, 0.25) is 0 Å². The Hall–Kier alpha value is -0.850. The summed E-state index contributed by atoms with van der Waals surface area (Å²) >= 11 is 0. The average molecular weight is 286 g/mol. The third-order valence-electron chi connectivity index (χ3n) is 3.80. The summed E-state index contributed by atoms with van der Waals surface area (Å²) in [5, 5.41) is 3.10. The minimum absolute atomic E-state index is 0.00676. The molecule has 2 rings (SSSR count). The molecule has 1 heterocycles. The Morgan fingerprint density at radius 1 is 1.32 bits per heavy atom. The monoisotopic (exact) mass is 286 g/mol. The number of rotatable bonds is 8. The third-order valence-corrected chi connectivity index (χ3v) is 5.07. The standard InChI is InChI=1S/C13H22N2O3S/c1-3-13(7-8-13)10-15-19(16,17)12-6-5-11(18-12)9-14-4-2/h5-6,14-15H,3-4,7-10H2,1-2H3. The van der Waals surface area contributed by atoms with Gasteiger partial charge >= 0.3 is 0 Å². The largest absolute Gasteiger partial charge is 0.447 e. The van der Waals surface area contributed by atoms with Gasteiger partial charge in [0, 0.05) is 6.54 Å². The van der Waals surface area contributed by atoms with Crippen LogP contribution >= 0.6 is 0 Å². The molecule has 0 aliphatic heterocycles. The zero-order chi connectivity index (χ0) is 13.9. The molecule has 2 N–H and O–H groups in total. The maximum Gasteiger partial charge on any atom is 0.273 e. The predicted molar refractivity (Wildman–Crippen MR) is 73.2 cm³/mol. The zero-order valence-electron chi connectivity index (χ0n) is 11.5. The van der Waals surface area contributed by atoms with E-state index < -0.39 is 10.0 Å². The Balaban J connectivity index is 1.97. The summed E-state index contributed by atoms with van der Waals surface area (Å²) in [6, 6.07) is 3.21. The normalized spacial score (nSPS) is 17.6. The number of furan rings is 1. The summed E-state index contributed by atoms with van der Waals surface area (Å²) in [6.45, 7) is 5.96. The van der Waals surface area contributed by atoms with Crippen molar-refractivity contribution in [3.8, 4) is 0 Å². The summed E-state index contributed by atoms with van der Waals surface area (Å²) in [5.74, 6) is 0.638. The van der Waals surface area contributed by atoms with Crippen molar-refractivity contribution in [2.45, 2.75) is 44.7 Å². The first-order valence-corrected chi connectivity index (χ1v) is 8.29. The number of hydrogen-bond acceptors (Lipinski definition) is 4. The van der Waals surface area contributed by atoms with E-state index in [2.05, 4.69) is 17.0 Å². The summed E-state index contributed by atoms with van der Waals surface area (Å²) < 4.78 is 32.2. The molecular formula is C13H22N2O3S. The highest BCUT2D eigenvalue weighted by atomic mass is 32.2. The molecule has 0 bridgehead atoms. The smallest absolute Gasteiger partial charge is 0.273 e. The Bertz CT molecular complexity index is 518. The fourth-order valence-electron chi connectivity index (χ4n) is 2.00. The molecule has 6 heteroatoms. The number of hydrogen-bond donors (Lipinski definition) is 2. The minimum Gasteiger partial charge on any atom is -0.447 e. The second-order valence-corrected chi connectivity index (χ2v) is 6.88. The van der Waals surface area contributed by atoms with Gasteiger partial charge in [-0.3, -0.25) is 0 Å². The highest BCUT2D eigenvalue weighted by Gasteiger charge is 2.41. The Morgan fingerprint density at radius 3 is 2.63 bits per heavy atom. The second-order valence-electron chi connectivity index (χ2n) is 5.18. The number of nitrogens with one attached hydrogen (secondary N) is 2. The van der Waals surface area contributed by atoms with Crippen molar-refractivity contribution in [2.75, 3.05) is 13.1 Å². The van der Waals surface area contributed by atoms with Gasteiger partial charge in [0.1, 0.15) is 5.76 Å². The summed E-state index contributed by atoms with van der Waals surface area (Å²) in [6.07, 6.45) is 3.23. The lowest BCUT2D eigenvalue weighted by atomic mass is 10.1. The van der Waals surface area contributed by atoms with Crippen molar-refractivity contribution >= 4 is 10.0 Å². The van der Waals surface area contributed by atoms with Gasteiger partial charge in [0.2, 0.25) is 5.09 Å². The first kappa shape index (κ1) is 14.6. The van der Waals surface area contributed by atoms with Crippen LogP contribution in [0, 0.1) is 5.41 Å². The van der Waals surface area contributed by atoms with Crippen molar-refractivity contribution in [3.05, 3.63) is 17.9 Å².